The molecule has 0 aliphatic carbocycles. The van der Waals surface area contributed by atoms with E-state index in [1.807, 2.05) is 0 Å². The molecule has 0 atom stereocenters. The van der Waals surface area contributed by atoms with Crippen molar-refractivity contribution in [2.75, 3.05) is 0 Å². The van der Waals surface area contributed by atoms with E-state index < -0.39 is 0 Å². The molecule has 0 fully saturated rings. The molecule has 6 aromatic carbocycles. The average Bonchev–Trinajstić information content (AvgIpc) is 3.15. The van der Waals surface area contributed by atoms with Crippen LogP contribution in [0, 0.1) is 0 Å². The van der Waals surface area contributed by atoms with Crippen LogP contribution >= 0.6 is 0 Å². The van der Waals surface area contributed by atoms with Gasteiger partial charge in [0, 0.05) is 27.8 Å². The van der Waals surface area contributed by atoms with Crippen LogP contribution in [0.5, 0.6) is 0 Å². The molecule has 0 aromatic heterocycles. The van der Waals surface area contributed by atoms with Crippen LogP contribution in [0.15, 0.2) is 30.3 Å². The number of rotatable bonds is 5. The van der Waals surface area contributed by atoms with Crippen molar-refractivity contribution in [3.8, 4) is 0 Å². The quantitative estimate of drug-likeness (QED) is 0.209. The van der Waals surface area contributed by atoms with E-state index in [0.29, 0.717) is 54.7 Å². The van der Waals surface area contributed by atoms with E-state index >= 15 is 0 Å². The minimum atomic E-state index is -0.174. The number of hydrogen-bond donors (Lipinski definition) is 0. The van der Waals surface area contributed by atoms with E-state index in [0.717, 1.165) is 26.9 Å². The Hall–Kier alpha value is -4.25. The Kier molecular flexibility index (Phi) is 4.05. The Labute approximate surface area is 199 Å². The zero-order valence-corrected chi connectivity index (χ0v) is 19.9. The number of benzene rings is 5. The van der Waals surface area contributed by atoms with Gasteiger partial charge in [0.05, 0.1) is 0 Å². The third-order valence-electron chi connectivity index (χ3n) is 7.39. The average molecular weight is 460 g/mol. The Balaban J connectivity index is 2.12. The molecule has 0 radical (unpaired) electrons. The van der Waals surface area contributed by atoms with E-state index in [1.54, 1.807) is 30.3 Å². The first-order valence-electron chi connectivity index (χ1n) is 11.4. The first kappa shape index (κ1) is 21.3. The molecule has 35 heavy (non-hydrogen) atoms. The summed E-state index contributed by atoms with van der Waals surface area (Å²) in [6.07, 6.45) is 0. The molecule has 0 unspecified atom stereocenters. The van der Waals surface area contributed by atoms with Crippen molar-refractivity contribution in [1.82, 2.24) is 0 Å². The molecule has 5 heteroatoms. The molecule has 0 heterocycles. The molecule has 6 rings (SSSR count). The monoisotopic (exact) mass is 460 g/mol. The molecule has 0 saturated carbocycles. The van der Waals surface area contributed by atoms with Crippen LogP contribution in [0.3, 0.4) is 0 Å². The zero-order chi connectivity index (χ0) is 25.1. The molecule has 170 valence electrons. The Morgan fingerprint density at radius 1 is 0.343 bits per heavy atom. The summed E-state index contributed by atoms with van der Waals surface area (Å²) < 4.78 is 0. The number of hydrogen-bond acceptors (Lipinski definition) is 5. The smallest absolute Gasteiger partial charge is 0.160 e. The Bertz CT molecular complexity index is 1610. The minimum Gasteiger partial charge on any atom is -0.294 e. The zero-order valence-electron chi connectivity index (χ0n) is 19.9. The second-order valence-electron chi connectivity index (χ2n) is 9.51. The second-order valence-corrected chi connectivity index (χ2v) is 9.51. The molecule has 0 bridgehead atoms. The molecule has 0 aliphatic rings. The van der Waals surface area contributed by atoms with Crippen molar-refractivity contribution >= 4 is 82.8 Å². The van der Waals surface area contributed by atoms with E-state index in [9.17, 15) is 24.0 Å². The highest BCUT2D eigenvalue weighted by Crippen LogP contribution is 2.52. The Morgan fingerprint density at radius 3 is 0.600 bits per heavy atom. The third-order valence-corrected chi connectivity index (χ3v) is 7.39. The van der Waals surface area contributed by atoms with Gasteiger partial charge in [-0.15, -0.1) is 0 Å². The summed E-state index contributed by atoms with van der Waals surface area (Å²) in [6, 6.07) is 8.66. The highest BCUT2D eigenvalue weighted by molar-refractivity contribution is 6.49. The van der Waals surface area contributed by atoms with Crippen LogP contribution in [0.2, 0.25) is 0 Å². The van der Waals surface area contributed by atoms with Crippen LogP contribution in [0.25, 0.3) is 53.9 Å². The summed E-state index contributed by atoms with van der Waals surface area (Å²) in [5.74, 6) is -0.869. The van der Waals surface area contributed by atoms with E-state index in [4.69, 9.17) is 0 Å². The number of Topliss-reactive ketones (excluding diaryl/α,β-unsaturated/α-hetero) is 5. The summed E-state index contributed by atoms with van der Waals surface area (Å²) in [4.78, 5) is 63.9. The number of carbonyl (C=O) groups excluding carboxylic acids is 5. The molecular formula is C30H20O5. The largest absolute Gasteiger partial charge is 0.294 e. The highest BCUT2D eigenvalue weighted by Gasteiger charge is 2.30. The standard InChI is InChI=1S/C30H20O5/c1-11(31)16-6-22-18(13(3)33)8-24-20(15(5)35)10-25-19(14(4)34)9-23-17(12(2)32)7-21(16)26-27(22)29(24)30(25)28(23)26/h6-10H,1-5H3. The predicted octanol–water partition coefficient (Wildman–Crippen LogP) is 6.78. The van der Waals surface area contributed by atoms with Gasteiger partial charge >= 0.3 is 0 Å². The number of ketones is 5. The summed E-state index contributed by atoms with van der Waals surface area (Å²) >= 11 is 0. The summed E-state index contributed by atoms with van der Waals surface area (Å²) in [5, 5.41) is 7.15. The maximum atomic E-state index is 12.8. The number of carbonyl (C=O) groups is 5. The van der Waals surface area contributed by atoms with Gasteiger partial charge in [0.15, 0.2) is 28.9 Å². The lowest BCUT2D eigenvalue weighted by molar-refractivity contribution is 0.100. The van der Waals surface area contributed by atoms with Crippen LogP contribution in [0.1, 0.15) is 86.4 Å². The molecule has 6 aromatic rings. The van der Waals surface area contributed by atoms with Crippen LogP contribution in [-0.4, -0.2) is 28.9 Å². The third kappa shape index (κ3) is 2.50. The molecule has 0 aliphatic heterocycles. The topological polar surface area (TPSA) is 85.3 Å². The van der Waals surface area contributed by atoms with Gasteiger partial charge in [-0.1, -0.05) is 0 Å². The Morgan fingerprint density at radius 2 is 0.486 bits per heavy atom. The van der Waals surface area contributed by atoms with Crippen molar-refractivity contribution in [2.45, 2.75) is 34.6 Å². The minimum absolute atomic E-state index is 0.174. The van der Waals surface area contributed by atoms with Crippen LogP contribution in [0.4, 0.5) is 0 Å². The first-order valence-corrected chi connectivity index (χ1v) is 11.4. The van der Waals surface area contributed by atoms with Gasteiger partial charge < -0.3 is 0 Å². The van der Waals surface area contributed by atoms with Gasteiger partial charge in [-0.05, 0) is 119 Å². The fourth-order valence-electron chi connectivity index (χ4n) is 5.96. The van der Waals surface area contributed by atoms with Crippen LogP contribution < -0.4 is 0 Å². The first-order chi connectivity index (χ1) is 16.5. The molecule has 0 spiro atoms. The van der Waals surface area contributed by atoms with Crippen molar-refractivity contribution < 1.29 is 24.0 Å². The van der Waals surface area contributed by atoms with Crippen molar-refractivity contribution in [3.05, 3.63) is 58.1 Å². The summed E-state index contributed by atoms with van der Waals surface area (Å²) in [7, 11) is 0. The van der Waals surface area contributed by atoms with Gasteiger partial charge in [0.25, 0.3) is 0 Å². The van der Waals surface area contributed by atoms with E-state index in [2.05, 4.69) is 0 Å². The highest BCUT2D eigenvalue weighted by atomic mass is 16.1. The molecule has 5 nitrogen and oxygen atoms in total. The lowest BCUT2D eigenvalue weighted by atomic mass is 9.88. The van der Waals surface area contributed by atoms with Crippen molar-refractivity contribution in [3.63, 3.8) is 0 Å². The summed E-state index contributed by atoms with van der Waals surface area (Å²) in [6.45, 7) is 7.35. The SMILES string of the molecule is CC(=O)c1cc2c(C(C)=O)cc3c(C(C)=O)cc4c(C(C)=O)cc5c(C(C)=O)cc1c1c5c4c3c21. The molecule has 0 N–H and O–H groups in total. The fraction of sp³-hybridized carbons (Fsp3) is 0.167. The maximum absolute atomic E-state index is 12.8. The van der Waals surface area contributed by atoms with Crippen molar-refractivity contribution in [2.24, 2.45) is 0 Å². The van der Waals surface area contributed by atoms with Crippen LogP contribution in [-0.2, 0) is 0 Å². The normalized spacial score (nSPS) is 12.1. The van der Waals surface area contributed by atoms with Gasteiger partial charge in [-0.2, -0.15) is 0 Å². The van der Waals surface area contributed by atoms with E-state index in [-0.39, 0.29) is 28.9 Å². The second kappa shape index (κ2) is 6.66. The predicted molar refractivity (Wildman–Crippen MR) is 138 cm³/mol. The lowest BCUT2D eigenvalue weighted by Gasteiger charge is -2.13. The maximum Gasteiger partial charge on any atom is 0.160 e. The fourth-order valence-corrected chi connectivity index (χ4v) is 5.96. The molecule has 0 amide bonds. The van der Waals surface area contributed by atoms with Gasteiger partial charge in [0.2, 0.25) is 0 Å². The van der Waals surface area contributed by atoms with Crippen molar-refractivity contribution in [1.29, 1.82) is 0 Å². The molecular weight excluding hydrogens is 440 g/mol. The van der Waals surface area contributed by atoms with Gasteiger partial charge in [-0.3, -0.25) is 24.0 Å². The molecule has 0 saturated heterocycles. The van der Waals surface area contributed by atoms with Gasteiger partial charge in [0.1, 0.15) is 0 Å². The summed E-state index contributed by atoms with van der Waals surface area (Å²) in [5.41, 5.74) is 2.16. The van der Waals surface area contributed by atoms with Gasteiger partial charge in [-0.25, -0.2) is 0 Å². The van der Waals surface area contributed by atoms with E-state index in [1.165, 1.54) is 34.6 Å². The lowest BCUT2D eigenvalue weighted by Crippen LogP contribution is -2.01.